The zero-order chi connectivity index (χ0) is 17.1. The highest BCUT2D eigenvalue weighted by Crippen LogP contribution is 2.45. The van der Waals surface area contributed by atoms with Gasteiger partial charge < -0.3 is 14.4 Å². The van der Waals surface area contributed by atoms with Gasteiger partial charge in [0.25, 0.3) is 5.91 Å². The van der Waals surface area contributed by atoms with Gasteiger partial charge in [0, 0.05) is 17.9 Å². The van der Waals surface area contributed by atoms with Crippen LogP contribution in [0.4, 0.5) is 0 Å². The third-order valence-corrected chi connectivity index (χ3v) is 5.53. The molecule has 1 saturated heterocycles. The van der Waals surface area contributed by atoms with Crippen LogP contribution < -0.4 is 9.47 Å². The number of carbonyl (C=O) groups is 1. The Morgan fingerprint density at radius 1 is 1.17 bits per heavy atom. The number of hydrogen-bond acceptors (Lipinski definition) is 4. The lowest BCUT2D eigenvalue weighted by molar-refractivity contribution is 0.0759. The molecule has 1 aliphatic heterocycles. The molecule has 0 N–H and O–H groups in total. The predicted molar refractivity (Wildman–Crippen MR) is 97.2 cm³/mol. The molecule has 0 bridgehead atoms. The van der Waals surface area contributed by atoms with Crippen LogP contribution >= 0.6 is 23.4 Å². The number of methoxy groups -OCH3 is 2. The Morgan fingerprint density at radius 2 is 1.96 bits per heavy atom. The minimum absolute atomic E-state index is 0.0690. The van der Waals surface area contributed by atoms with Crippen LogP contribution in [-0.4, -0.2) is 37.3 Å². The zero-order valence-corrected chi connectivity index (χ0v) is 15.1. The van der Waals surface area contributed by atoms with Crippen molar-refractivity contribution < 1.29 is 14.3 Å². The molecule has 6 heteroatoms. The van der Waals surface area contributed by atoms with Crippen molar-refractivity contribution in [1.82, 2.24) is 4.90 Å². The molecule has 0 unspecified atom stereocenters. The predicted octanol–water partition coefficient (Wildman–Crippen LogP) is 4.25. The van der Waals surface area contributed by atoms with E-state index in [2.05, 4.69) is 0 Å². The van der Waals surface area contributed by atoms with Crippen LogP contribution in [0.15, 0.2) is 42.5 Å². The van der Waals surface area contributed by atoms with Crippen LogP contribution in [0.5, 0.6) is 11.5 Å². The molecule has 1 atom stereocenters. The smallest absolute Gasteiger partial charge is 0.256 e. The van der Waals surface area contributed by atoms with Gasteiger partial charge in [0.2, 0.25) is 0 Å². The molecule has 0 aliphatic carbocycles. The summed E-state index contributed by atoms with van der Waals surface area (Å²) < 4.78 is 10.9. The lowest BCUT2D eigenvalue weighted by Crippen LogP contribution is -2.30. The molecule has 1 aliphatic rings. The monoisotopic (exact) mass is 363 g/mol. The lowest BCUT2D eigenvalue weighted by atomic mass is 10.1. The maximum Gasteiger partial charge on any atom is 0.256 e. The summed E-state index contributed by atoms with van der Waals surface area (Å²) in [6, 6.07) is 12.9. The van der Waals surface area contributed by atoms with E-state index in [9.17, 15) is 4.79 Å². The summed E-state index contributed by atoms with van der Waals surface area (Å²) in [4.78, 5) is 14.8. The molecule has 24 heavy (non-hydrogen) atoms. The molecule has 2 aromatic carbocycles. The second-order valence-electron chi connectivity index (χ2n) is 5.28. The standard InChI is InChI=1S/C18H18ClNO3S/c1-22-15-9-5-7-13(16(15)23-2)18-20(10-11-24-18)17(21)12-6-3-4-8-14(12)19/h3-9,18H,10-11H2,1-2H3/t18-/m1/s1. The number of rotatable bonds is 4. The zero-order valence-electron chi connectivity index (χ0n) is 13.5. The van der Waals surface area contributed by atoms with Crippen LogP contribution in [0.1, 0.15) is 21.3 Å². The number of halogens is 1. The molecule has 0 saturated carbocycles. The van der Waals surface area contributed by atoms with Crippen molar-refractivity contribution in [2.24, 2.45) is 0 Å². The average molecular weight is 364 g/mol. The highest BCUT2D eigenvalue weighted by Gasteiger charge is 2.34. The maximum atomic E-state index is 13.0. The molecule has 1 heterocycles. The minimum Gasteiger partial charge on any atom is -0.493 e. The van der Waals surface area contributed by atoms with Gasteiger partial charge in [-0.2, -0.15) is 0 Å². The molecular formula is C18H18ClNO3S. The van der Waals surface area contributed by atoms with Gasteiger partial charge in [-0.25, -0.2) is 0 Å². The van der Waals surface area contributed by atoms with E-state index < -0.39 is 0 Å². The van der Waals surface area contributed by atoms with E-state index in [0.717, 1.165) is 11.3 Å². The number of hydrogen-bond donors (Lipinski definition) is 0. The van der Waals surface area contributed by atoms with Crippen LogP contribution in [0, 0.1) is 0 Å². The maximum absolute atomic E-state index is 13.0. The van der Waals surface area contributed by atoms with Gasteiger partial charge >= 0.3 is 0 Å². The Hall–Kier alpha value is -1.85. The first-order chi connectivity index (χ1) is 11.7. The third kappa shape index (κ3) is 3.06. The number of para-hydroxylation sites is 1. The molecule has 126 valence electrons. The second-order valence-corrected chi connectivity index (χ2v) is 6.88. The number of carbonyl (C=O) groups excluding carboxylic acids is 1. The number of thioether (sulfide) groups is 1. The second kappa shape index (κ2) is 7.36. The fourth-order valence-electron chi connectivity index (χ4n) is 2.83. The fraction of sp³-hybridized carbons (Fsp3) is 0.278. The molecule has 0 radical (unpaired) electrons. The summed E-state index contributed by atoms with van der Waals surface area (Å²) in [5.41, 5.74) is 1.45. The molecule has 1 fully saturated rings. The first-order valence-electron chi connectivity index (χ1n) is 7.55. The summed E-state index contributed by atoms with van der Waals surface area (Å²) >= 11 is 7.91. The number of benzene rings is 2. The van der Waals surface area contributed by atoms with E-state index in [1.54, 1.807) is 38.1 Å². The minimum atomic E-state index is -0.126. The summed E-state index contributed by atoms with van der Waals surface area (Å²) in [5.74, 6) is 2.12. The number of ether oxygens (including phenoxy) is 2. The van der Waals surface area contributed by atoms with Crippen LogP contribution in [0.2, 0.25) is 5.02 Å². The Bertz CT molecular complexity index is 753. The summed E-state index contributed by atoms with van der Waals surface area (Å²) in [7, 11) is 3.22. The van der Waals surface area contributed by atoms with Gasteiger partial charge in [0.1, 0.15) is 5.37 Å². The van der Waals surface area contributed by atoms with E-state index in [1.165, 1.54) is 0 Å². The third-order valence-electron chi connectivity index (χ3n) is 3.96. The Labute approximate surface area is 150 Å². The van der Waals surface area contributed by atoms with E-state index in [4.69, 9.17) is 21.1 Å². The summed E-state index contributed by atoms with van der Waals surface area (Å²) in [5, 5.41) is 0.342. The largest absolute Gasteiger partial charge is 0.493 e. The van der Waals surface area contributed by atoms with Gasteiger partial charge in [-0.05, 0) is 18.2 Å². The topological polar surface area (TPSA) is 38.8 Å². The average Bonchev–Trinajstić information content (AvgIpc) is 3.10. The Balaban J connectivity index is 1.97. The van der Waals surface area contributed by atoms with Gasteiger partial charge in [0.15, 0.2) is 11.5 Å². The molecule has 0 aromatic heterocycles. The lowest BCUT2D eigenvalue weighted by Gasteiger charge is -2.26. The van der Waals surface area contributed by atoms with Crippen molar-refractivity contribution in [2.45, 2.75) is 5.37 Å². The van der Waals surface area contributed by atoms with Crippen molar-refractivity contribution in [3.8, 4) is 11.5 Å². The van der Waals surface area contributed by atoms with Crippen LogP contribution in [0.25, 0.3) is 0 Å². The van der Waals surface area contributed by atoms with Gasteiger partial charge in [-0.3, -0.25) is 4.79 Å². The van der Waals surface area contributed by atoms with Crippen molar-refractivity contribution in [2.75, 3.05) is 26.5 Å². The molecular weight excluding hydrogens is 346 g/mol. The van der Waals surface area contributed by atoms with E-state index >= 15 is 0 Å². The van der Waals surface area contributed by atoms with Gasteiger partial charge in [-0.1, -0.05) is 35.9 Å². The molecule has 3 rings (SSSR count). The van der Waals surface area contributed by atoms with Gasteiger partial charge in [-0.15, -0.1) is 11.8 Å². The van der Waals surface area contributed by atoms with Crippen molar-refractivity contribution in [3.63, 3.8) is 0 Å². The van der Waals surface area contributed by atoms with Gasteiger partial charge in [0.05, 0.1) is 24.8 Å². The van der Waals surface area contributed by atoms with Crippen molar-refractivity contribution in [3.05, 3.63) is 58.6 Å². The first-order valence-corrected chi connectivity index (χ1v) is 8.98. The van der Waals surface area contributed by atoms with E-state index in [1.807, 2.05) is 35.2 Å². The molecule has 0 spiro atoms. The fourth-order valence-corrected chi connectivity index (χ4v) is 4.32. The Kier molecular flexibility index (Phi) is 5.21. The molecule has 2 aromatic rings. The highest BCUT2D eigenvalue weighted by molar-refractivity contribution is 7.99. The normalized spacial score (nSPS) is 17.0. The molecule has 4 nitrogen and oxygen atoms in total. The quantitative estimate of drug-likeness (QED) is 0.814. The van der Waals surface area contributed by atoms with Crippen molar-refractivity contribution in [1.29, 1.82) is 0 Å². The highest BCUT2D eigenvalue weighted by atomic mass is 35.5. The van der Waals surface area contributed by atoms with E-state index in [-0.39, 0.29) is 11.3 Å². The summed E-state index contributed by atoms with van der Waals surface area (Å²) in [6.45, 7) is 0.666. The van der Waals surface area contributed by atoms with Crippen molar-refractivity contribution >= 4 is 29.3 Å². The summed E-state index contributed by atoms with van der Waals surface area (Å²) in [6.07, 6.45) is 0. The first kappa shape index (κ1) is 17.0. The number of amides is 1. The number of nitrogens with zero attached hydrogens (tertiary/aromatic N) is 1. The SMILES string of the molecule is COc1cccc([C@H]2SCCN2C(=O)c2ccccc2Cl)c1OC. The molecule has 1 amide bonds. The van der Waals surface area contributed by atoms with E-state index in [0.29, 0.717) is 28.6 Å². The van der Waals surface area contributed by atoms with Crippen LogP contribution in [0.3, 0.4) is 0 Å². The van der Waals surface area contributed by atoms with Crippen LogP contribution in [-0.2, 0) is 0 Å². The Morgan fingerprint density at radius 3 is 2.67 bits per heavy atom.